The van der Waals surface area contributed by atoms with Gasteiger partial charge >= 0.3 is 5.97 Å². The first-order chi connectivity index (χ1) is 12.0. The molecule has 0 fully saturated rings. The van der Waals surface area contributed by atoms with Gasteiger partial charge in [-0.2, -0.15) is 0 Å². The number of hydrogen-bond donors (Lipinski definition) is 1. The van der Waals surface area contributed by atoms with Crippen LogP contribution in [0.2, 0.25) is 0 Å². The van der Waals surface area contributed by atoms with Crippen LogP contribution in [0.3, 0.4) is 0 Å². The lowest BCUT2D eigenvalue weighted by atomic mass is 10.2. The molecule has 0 aromatic heterocycles. The highest BCUT2D eigenvalue weighted by Gasteiger charge is 2.19. The van der Waals surface area contributed by atoms with Gasteiger partial charge in [-0.15, -0.1) is 0 Å². The molecule has 8 heteroatoms. The number of carbonyl (C=O) groups excluding carboxylic acids is 2. The van der Waals surface area contributed by atoms with Crippen molar-refractivity contribution in [2.24, 2.45) is 0 Å². The number of hydrogen-bond acceptors (Lipinski definition) is 5. The third-order valence-corrected chi connectivity index (χ3v) is 3.16. The summed E-state index contributed by atoms with van der Waals surface area (Å²) < 4.78 is 41.6. The average molecular weight is 351 g/mol. The number of para-hydroxylation sites is 1. The Morgan fingerprint density at radius 2 is 1.84 bits per heavy atom. The normalized spacial score (nSPS) is 10.1. The molecular formula is C17H15F2NO5. The van der Waals surface area contributed by atoms with Crippen LogP contribution in [0.4, 0.5) is 14.5 Å². The summed E-state index contributed by atoms with van der Waals surface area (Å²) >= 11 is 0. The zero-order valence-electron chi connectivity index (χ0n) is 13.5. The van der Waals surface area contributed by atoms with Crippen molar-refractivity contribution in [3.05, 3.63) is 53.6 Å². The fourth-order valence-corrected chi connectivity index (χ4v) is 2.04. The molecule has 25 heavy (non-hydrogen) atoms. The van der Waals surface area contributed by atoms with Gasteiger partial charge in [-0.1, -0.05) is 6.07 Å². The first-order valence-electron chi connectivity index (χ1n) is 7.09. The summed E-state index contributed by atoms with van der Waals surface area (Å²) in [5.74, 6) is -2.69. The van der Waals surface area contributed by atoms with E-state index in [9.17, 15) is 18.4 Å². The molecule has 0 aliphatic rings. The minimum Gasteiger partial charge on any atom is -0.493 e. The van der Waals surface area contributed by atoms with Crippen molar-refractivity contribution in [2.75, 3.05) is 26.1 Å². The number of anilines is 1. The van der Waals surface area contributed by atoms with Crippen LogP contribution in [0.25, 0.3) is 0 Å². The van der Waals surface area contributed by atoms with Crippen molar-refractivity contribution >= 4 is 17.6 Å². The second kappa shape index (κ2) is 8.09. The largest absolute Gasteiger partial charge is 0.493 e. The summed E-state index contributed by atoms with van der Waals surface area (Å²) in [7, 11) is 2.77. The Kier molecular flexibility index (Phi) is 5.89. The smallest absolute Gasteiger partial charge is 0.342 e. The zero-order chi connectivity index (χ0) is 18.4. The van der Waals surface area contributed by atoms with E-state index >= 15 is 0 Å². The van der Waals surface area contributed by atoms with Crippen molar-refractivity contribution in [3.8, 4) is 11.5 Å². The number of ether oxygens (including phenoxy) is 3. The number of carbonyl (C=O) groups is 2. The predicted octanol–water partition coefficient (Wildman–Crippen LogP) is 2.78. The molecule has 1 N–H and O–H groups in total. The fourth-order valence-electron chi connectivity index (χ4n) is 2.04. The van der Waals surface area contributed by atoms with Gasteiger partial charge in [-0.25, -0.2) is 13.6 Å². The van der Waals surface area contributed by atoms with Crippen molar-refractivity contribution in [3.63, 3.8) is 0 Å². The Hall–Kier alpha value is -3.16. The maximum Gasteiger partial charge on any atom is 0.342 e. The summed E-state index contributed by atoms with van der Waals surface area (Å²) in [6.45, 7) is -0.685. The monoisotopic (exact) mass is 351 g/mol. The number of nitrogens with one attached hydrogen (secondary N) is 1. The molecule has 0 spiro atoms. The number of rotatable bonds is 6. The molecule has 132 valence electrons. The second-order valence-electron chi connectivity index (χ2n) is 4.79. The molecule has 0 radical (unpaired) electrons. The lowest BCUT2D eigenvalue weighted by molar-refractivity contribution is -0.119. The molecule has 0 unspecified atom stereocenters. The Morgan fingerprint density at radius 3 is 2.52 bits per heavy atom. The molecule has 0 saturated carbocycles. The summed E-state index contributed by atoms with van der Waals surface area (Å²) in [6.07, 6.45) is 0. The topological polar surface area (TPSA) is 73.9 Å². The molecule has 0 saturated heterocycles. The fraction of sp³-hybridized carbons (Fsp3) is 0.176. The van der Waals surface area contributed by atoms with Crippen molar-refractivity contribution in [1.29, 1.82) is 0 Å². The first-order valence-corrected chi connectivity index (χ1v) is 7.09. The lowest BCUT2D eigenvalue weighted by Crippen LogP contribution is -2.21. The van der Waals surface area contributed by atoms with E-state index in [1.807, 2.05) is 0 Å². The predicted molar refractivity (Wildman–Crippen MR) is 84.8 cm³/mol. The van der Waals surface area contributed by atoms with Crippen LogP contribution in [0, 0.1) is 11.6 Å². The highest BCUT2D eigenvalue weighted by Crippen LogP contribution is 2.31. The van der Waals surface area contributed by atoms with E-state index < -0.39 is 30.1 Å². The minimum absolute atomic E-state index is 0.0617. The lowest BCUT2D eigenvalue weighted by Gasteiger charge is -2.12. The van der Waals surface area contributed by atoms with Crippen molar-refractivity contribution < 1.29 is 32.6 Å². The van der Waals surface area contributed by atoms with E-state index in [0.29, 0.717) is 5.75 Å². The minimum atomic E-state index is -0.828. The van der Waals surface area contributed by atoms with Crippen LogP contribution in [0.5, 0.6) is 11.5 Å². The van der Waals surface area contributed by atoms with Gasteiger partial charge in [0.1, 0.15) is 17.2 Å². The second-order valence-corrected chi connectivity index (χ2v) is 4.79. The van der Waals surface area contributed by atoms with Crippen molar-refractivity contribution in [1.82, 2.24) is 0 Å². The van der Waals surface area contributed by atoms with Gasteiger partial charge in [0.25, 0.3) is 5.91 Å². The van der Waals surface area contributed by atoms with E-state index in [0.717, 1.165) is 18.2 Å². The van der Waals surface area contributed by atoms with E-state index in [4.69, 9.17) is 14.2 Å². The molecular weight excluding hydrogens is 336 g/mol. The molecule has 2 aromatic carbocycles. The number of amides is 1. The van der Waals surface area contributed by atoms with E-state index in [1.54, 1.807) is 12.1 Å². The third kappa shape index (κ3) is 4.43. The molecule has 6 nitrogen and oxygen atoms in total. The molecule has 0 heterocycles. The van der Waals surface area contributed by atoms with Crippen LogP contribution < -0.4 is 14.8 Å². The molecule has 0 aliphatic heterocycles. The summed E-state index contributed by atoms with van der Waals surface area (Å²) in [5, 5.41) is 2.12. The van der Waals surface area contributed by atoms with Crippen LogP contribution in [0.15, 0.2) is 36.4 Å². The maximum absolute atomic E-state index is 13.5. The molecule has 1 amide bonds. The summed E-state index contributed by atoms with van der Waals surface area (Å²) in [6, 6.07) is 7.20. The molecule has 0 atom stereocenters. The standard InChI is InChI=1S/C17H15F2NO5/c1-23-14-5-3-4-11(16(14)24-2)17(22)25-9-15(21)20-13-8-10(18)6-7-12(13)19/h3-8H,9H2,1-2H3,(H,20,21). The number of halogens is 2. The van der Waals surface area contributed by atoms with Gasteiger partial charge < -0.3 is 19.5 Å². The van der Waals surface area contributed by atoms with E-state index in [-0.39, 0.29) is 17.0 Å². The van der Waals surface area contributed by atoms with Gasteiger partial charge in [0, 0.05) is 6.07 Å². The van der Waals surface area contributed by atoms with Crippen LogP contribution in [0.1, 0.15) is 10.4 Å². The van der Waals surface area contributed by atoms with Gasteiger partial charge in [0.15, 0.2) is 18.1 Å². The van der Waals surface area contributed by atoms with Gasteiger partial charge in [-0.05, 0) is 24.3 Å². The molecule has 2 aromatic rings. The van der Waals surface area contributed by atoms with Gasteiger partial charge in [0.2, 0.25) is 0 Å². The van der Waals surface area contributed by atoms with E-state index in [2.05, 4.69) is 5.32 Å². The quantitative estimate of drug-likeness (QED) is 0.810. The van der Waals surface area contributed by atoms with Gasteiger partial charge in [0.05, 0.1) is 19.9 Å². The van der Waals surface area contributed by atoms with Crippen LogP contribution in [-0.2, 0) is 9.53 Å². The van der Waals surface area contributed by atoms with E-state index in [1.165, 1.54) is 20.3 Å². The Morgan fingerprint density at radius 1 is 1.08 bits per heavy atom. The Balaban J connectivity index is 2.02. The zero-order valence-corrected chi connectivity index (χ0v) is 13.5. The third-order valence-electron chi connectivity index (χ3n) is 3.16. The van der Waals surface area contributed by atoms with Crippen LogP contribution in [-0.4, -0.2) is 32.7 Å². The Bertz CT molecular complexity index is 795. The first kappa shape index (κ1) is 18.2. The SMILES string of the molecule is COc1cccc(C(=O)OCC(=O)Nc2cc(F)ccc2F)c1OC. The number of methoxy groups -OCH3 is 2. The Labute approximate surface area is 142 Å². The van der Waals surface area contributed by atoms with Crippen LogP contribution >= 0.6 is 0 Å². The number of esters is 1. The molecule has 2 rings (SSSR count). The maximum atomic E-state index is 13.5. The van der Waals surface area contributed by atoms with Crippen molar-refractivity contribution in [2.45, 2.75) is 0 Å². The highest BCUT2D eigenvalue weighted by molar-refractivity contribution is 5.97. The van der Waals surface area contributed by atoms with Gasteiger partial charge in [-0.3, -0.25) is 4.79 Å². The number of benzene rings is 2. The average Bonchev–Trinajstić information content (AvgIpc) is 2.61. The summed E-state index contributed by atoms with van der Waals surface area (Å²) in [5.41, 5.74) is -0.286. The summed E-state index contributed by atoms with van der Waals surface area (Å²) in [4.78, 5) is 23.9. The highest BCUT2D eigenvalue weighted by atomic mass is 19.1. The molecule has 0 bridgehead atoms. The molecule has 0 aliphatic carbocycles.